The van der Waals surface area contributed by atoms with Crippen molar-refractivity contribution in [2.75, 3.05) is 0 Å². The average molecular weight is 214 g/mol. The van der Waals surface area contributed by atoms with Crippen LogP contribution in [-0.2, 0) is 13.5 Å². The summed E-state index contributed by atoms with van der Waals surface area (Å²) in [6.45, 7) is 2.08. The molecule has 1 aromatic carbocycles. The second kappa shape index (κ2) is 4.31. The van der Waals surface area contributed by atoms with Gasteiger partial charge in [-0.3, -0.25) is 9.48 Å². The zero-order valence-electron chi connectivity index (χ0n) is 9.47. The van der Waals surface area contributed by atoms with E-state index in [-0.39, 0.29) is 0 Å². The molecule has 1 heterocycles. The van der Waals surface area contributed by atoms with Crippen LogP contribution in [0.15, 0.2) is 30.5 Å². The van der Waals surface area contributed by atoms with Gasteiger partial charge in [0.05, 0.1) is 5.69 Å². The van der Waals surface area contributed by atoms with E-state index in [1.54, 1.807) is 6.07 Å². The average Bonchev–Trinajstić information content (AvgIpc) is 2.70. The Kier molecular flexibility index (Phi) is 2.86. The number of hydrogen-bond donors (Lipinski definition) is 0. The van der Waals surface area contributed by atoms with E-state index in [2.05, 4.69) is 12.0 Å². The predicted octanol–water partition coefficient (Wildman–Crippen LogP) is 2.46. The van der Waals surface area contributed by atoms with E-state index < -0.39 is 0 Å². The fraction of sp³-hybridized carbons (Fsp3) is 0.231. The normalized spacial score (nSPS) is 10.4. The largest absolute Gasteiger partial charge is 0.298 e. The number of benzene rings is 1. The van der Waals surface area contributed by atoms with Gasteiger partial charge in [-0.25, -0.2) is 0 Å². The molecule has 3 heteroatoms. The molecule has 2 rings (SSSR count). The van der Waals surface area contributed by atoms with Crippen molar-refractivity contribution in [1.82, 2.24) is 9.78 Å². The summed E-state index contributed by atoms with van der Waals surface area (Å²) in [7, 11) is 1.91. The molecule has 1 aromatic heterocycles. The van der Waals surface area contributed by atoms with Crippen LogP contribution in [0, 0.1) is 0 Å². The van der Waals surface area contributed by atoms with Gasteiger partial charge in [-0.2, -0.15) is 5.10 Å². The molecular formula is C13H14N2O. The highest BCUT2D eigenvalue weighted by atomic mass is 16.1. The maximum atomic E-state index is 10.7. The summed E-state index contributed by atoms with van der Waals surface area (Å²) in [5, 5.41) is 4.39. The smallest absolute Gasteiger partial charge is 0.150 e. The highest BCUT2D eigenvalue weighted by Crippen LogP contribution is 2.23. The molecule has 0 bridgehead atoms. The van der Waals surface area contributed by atoms with Gasteiger partial charge in [0.15, 0.2) is 0 Å². The molecule has 0 atom stereocenters. The number of aromatic nitrogens is 2. The number of carbonyl (C=O) groups excluding carboxylic acids is 1. The Bertz CT molecular complexity index is 514. The Labute approximate surface area is 94.7 Å². The van der Waals surface area contributed by atoms with Crippen LogP contribution in [0.3, 0.4) is 0 Å². The van der Waals surface area contributed by atoms with Crippen LogP contribution in [0.2, 0.25) is 0 Å². The lowest BCUT2D eigenvalue weighted by Gasteiger charge is -2.00. The molecule has 0 spiro atoms. The van der Waals surface area contributed by atoms with Crippen molar-refractivity contribution in [3.63, 3.8) is 0 Å². The molecule has 0 radical (unpaired) electrons. The molecule has 2 aromatic rings. The summed E-state index contributed by atoms with van der Waals surface area (Å²) >= 11 is 0. The zero-order valence-corrected chi connectivity index (χ0v) is 9.47. The number of carbonyl (C=O) groups is 1. The molecule has 0 aliphatic heterocycles. The van der Waals surface area contributed by atoms with Crippen molar-refractivity contribution in [1.29, 1.82) is 0 Å². The van der Waals surface area contributed by atoms with Crippen LogP contribution in [-0.4, -0.2) is 16.1 Å². The summed E-state index contributed by atoms with van der Waals surface area (Å²) < 4.78 is 1.81. The first-order chi connectivity index (χ1) is 7.74. The summed E-state index contributed by atoms with van der Waals surface area (Å²) in [5.41, 5.74) is 3.91. The molecule has 0 saturated heterocycles. The van der Waals surface area contributed by atoms with E-state index in [0.29, 0.717) is 5.56 Å². The maximum absolute atomic E-state index is 10.7. The highest BCUT2D eigenvalue weighted by molar-refractivity contribution is 5.79. The van der Waals surface area contributed by atoms with Gasteiger partial charge < -0.3 is 0 Å². The molecule has 0 aliphatic carbocycles. The fourth-order valence-corrected chi connectivity index (χ4v) is 1.82. The predicted molar refractivity (Wildman–Crippen MR) is 63.4 cm³/mol. The third-order valence-corrected chi connectivity index (χ3v) is 2.57. The Morgan fingerprint density at radius 1 is 1.44 bits per heavy atom. The first kappa shape index (κ1) is 10.6. The fourth-order valence-electron chi connectivity index (χ4n) is 1.82. The van der Waals surface area contributed by atoms with Crippen molar-refractivity contribution >= 4 is 6.29 Å². The van der Waals surface area contributed by atoms with Crippen molar-refractivity contribution in [3.8, 4) is 11.1 Å². The number of hydrogen-bond acceptors (Lipinski definition) is 2. The van der Waals surface area contributed by atoms with E-state index in [1.165, 1.54) is 0 Å². The molecule has 0 unspecified atom stereocenters. The van der Waals surface area contributed by atoms with E-state index >= 15 is 0 Å². The second-order valence-corrected chi connectivity index (χ2v) is 3.76. The van der Waals surface area contributed by atoms with Crippen molar-refractivity contribution in [2.24, 2.45) is 7.05 Å². The van der Waals surface area contributed by atoms with Gasteiger partial charge in [-0.15, -0.1) is 0 Å². The minimum absolute atomic E-state index is 0.698. The second-order valence-electron chi connectivity index (χ2n) is 3.76. The molecule has 82 valence electrons. The lowest BCUT2D eigenvalue weighted by molar-refractivity contribution is 0.112. The highest BCUT2D eigenvalue weighted by Gasteiger charge is 2.08. The first-order valence-corrected chi connectivity index (χ1v) is 5.32. The van der Waals surface area contributed by atoms with Crippen LogP contribution in [0.25, 0.3) is 11.1 Å². The van der Waals surface area contributed by atoms with E-state index in [9.17, 15) is 4.79 Å². The van der Waals surface area contributed by atoms with Crippen molar-refractivity contribution < 1.29 is 4.79 Å². The number of rotatable bonds is 3. The monoisotopic (exact) mass is 214 g/mol. The number of aryl methyl sites for hydroxylation is 2. The van der Waals surface area contributed by atoms with Gasteiger partial charge in [0.2, 0.25) is 0 Å². The molecular weight excluding hydrogens is 200 g/mol. The van der Waals surface area contributed by atoms with Gasteiger partial charge in [0, 0.05) is 24.4 Å². The summed E-state index contributed by atoms with van der Waals surface area (Å²) in [6, 6.07) is 7.59. The third-order valence-electron chi connectivity index (χ3n) is 2.57. The third kappa shape index (κ3) is 1.89. The first-order valence-electron chi connectivity index (χ1n) is 5.32. The van der Waals surface area contributed by atoms with Crippen LogP contribution in [0.1, 0.15) is 23.0 Å². The lowest BCUT2D eigenvalue weighted by atomic mass is 10.0. The lowest BCUT2D eigenvalue weighted by Crippen LogP contribution is -1.89. The van der Waals surface area contributed by atoms with Crippen LogP contribution >= 0.6 is 0 Å². The minimum Gasteiger partial charge on any atom is -0.298 e. The molecule has 0 aliphatic rings. The SMILES string of the molecule is CCc1nn(C)cc1-c1cccc(C=O)c1. The molecule has 16 heavy (non-hydrogen) atoms. The topological polar surface area (TPSA) is 34.9 Å². The standard InChI is InChI=1S/C13H14N2O/c1-3-13-12(8-15(2)14-13)11-6-4-5-10(7-11)9-16/h4-9H,3H2,1-2H3. The van der Waals surface area contributed by atoms with E-state index in [0.717, 1.165) is 29.5 Å². The van der Waals surface area contributed by atoms with Crippen LogP contribution < -0.4 is 0 Å². The Hall–Kier alpha value is -1.90. The Balaban J connectivity index is 2.52. The maximum Gasteiger partial charge on any atom is 0.150 e. The zero-order chi connectivity index (χ0) is 11.5. The summed E-state index contributed by atoms with van der Waals surface area (Å²) in [4.78, 5) is 10.7. The molecule has 3 nitrogen and oxygen atoms in total. The van der Waals surface area contributed by atoms with Gasteiger partial charge >= 0.3 is 0 Å². The van der Waals surface area contributed by atoms with Crippen LogP contribution in [0.5, 0.6) is 0 Å². The molecule has 0 saturated carbocycles. The van der Waals surface area contributed by atoms with Gasteiger partial charge in [0.25, 0.3) is 0 Å². The van der Waals surface area contributed by atoms with Crippen LogP contribution in [0.4, 0.5) is 0 Å². The number of aldehydes is 1. The van der Waals surface area contributed by atoms with Crippen molar-refractivity contribution in [2.45, 2.75) is 13.3 Å². The van der Waals surface area contributed by atoms with Gasteiger partial charge in [-0.05, 0) is 18.1 Å². The van der Waals surface area contributed by atoms with E-state index in [1.807, 2.05) is 36.1 Å². The van der Waals surface area contributed by atoms with Crippen molar-refractivity contribution in [3.05, 3.63) is 41.7 Å². The minimum atomic E-state index is 0.698. The summed E-state index contributed by atoms with van der Waals surface area (Å²) in [5.74, 6) is 0. The Morgan fingerprint density at radius 3 is 2.94 bits per heavy atom. The van der Waals surface area contributed by atoms with Gasteiger partial charge in [-0.1, -0.05) is 25.1 Å². The summed E-state index contributed by atoms with van der Waals surface area (Å²) in [6.07, 6.45) is 3.75. The number of nitrogens with zero attached hydrogens (tertiary/aromatic N) is 2. The quantitative estimate of drug-likeness (QED) is 0.736. The van der Waals surface area contributed by atoms with E-state index in [4.69, 9.17) is 0 Å². The Morgan fingerprint density at radius 2 is 2.25 bits per heavy atom. The molecule has 0 fully saturated rings. The molecule has 0 amide bonds. The molecule has 0 N–H and O–H groups in total. The van der Waals surface area contributed by atoms with Gasteiger partial charge in [0.1, 0.15) is 6.29 Å².